The van der Waals surface area contributed by atoms with E-state index >= 15 is 0 Å². The molecular formula is C17H18N2O3. The van der Waals surface area contributed by atoms with Crippen molar-refractivity contribution >= 4 is 23.4 Å². The second-order valence-corrected chi connectivity index (χ2v) is 4.68. The van der Waals surface area contributed by atoms with Crippen molar-refractivity contribution in [1.82, 2.24) is 0 Å². The van der Waals surface area contributed by atoms with E-state index in [1.54, 1.807) is 31.4 Å². The van der Waals surface area contributed by atoms with Crippen LogP contribution in [0.25, 0.3) is 6.08 Å². The van der Waals surface area contributed by atoms with Gasteiger partial charge in [0.15, 0.2) is 0 Å². The predicted octanol–water partition coefficient (Wildman–Crippen LogP) is 2.62. The van der Waals surface area contributed by atoms with Gasteiger partial charge >= 0.3 is 5.97 Å². The molecule has 5 nitrogen and oxygen atoms in total. The Labute approximate surface area is 129 Å². The highest BCUT2D eigenvalue weighted by Gasteiger charge is 2.03. The third-order valence-corrected chi connectivity index (χ3v) is 3.05. The highest BCUT2D eigenvalue weighted by molar-refractivity contribution is 5.87. The number of hydrogen-bond donors (Lipinski definition) is 2. The van der Waals surface area contributed by atoms with Crippen LogP contribution >= 0.6 is 0 Å². The zero-order valence-electron chi connectivity index (χ0n) is 12.3. The summed E-state index contributed by atoms with van der Waals surface area (Å²) in [6.45, 7) is 0.105. The van der Waals surface area contributed by atoms with E-state index < -0.39 is 5.97 Å². The Morgan fingerprint density at radius 2 is 2.00 bits per heavy atom. The molecule has 114 valence electrons. The minimum atomic E-state index is -0.445. The molecule has 0 spiro atoms. The fraction of sp³-hybridized carbons (Fsp3) is 0.118. The molecule has 22 heavy (non-hydrogen) atoms. The van der Waals surface area contributed by atoms with Crippen LogP contribution < -0.4 is 16.2 Å². The first-order chi connectivity index (χ1) is 10.6. The molecule has 0 saturated carbocycles. The molecule has 5 heteroatoms. The van der Waals surface area contributed by atoms with Crippen molar-refractivity contribution in [3.8, 4) is 5.75 Å². The van der Waals surface area contributed by atoms with E-state index in [0.29, 0.717) is 11.4 Å². The molecule has 4 N–H and O–H groups in total. The Bertz CT molecular complexity index is 696. The maximum Gasteiger partial charge on any atom is 0.331 e. The van der Waals surface area contributed by atoms with Crippen molar-refractivity contribution in [3.05, 3.63) is 59.7 Å². The first-order valence-corrected chi connectivity index (χ1v) is 6.71. The molecule has 0 aliphatic carbocycles. The summed E-state index contributed by atoms with van der Waals surface area (Å²) in [5.41, 5.74) is 14.1. The molecule has 0 amide bonds. The zero-order chi connectivity index (χ0) is 15.9. The van der Waals surface area contributed by atoms with E-state index in [4.69, 9.17) is 20.9 Å². The molecule has 0 fully saturated rings. The van der Waals surface area contributed by atoms with Gasteiger partial charge in [-0.05, 0) is 35.9 Å². The molecule has 2 aromatic rings. The summed E-state index contributed by atoms with van der Waals surface area (Å²) in [6.07, 6.45) is 3.03. The van der Waals surface area contributed by atoms with Gasteiger partial charge in [0.25, 0.3) is 0 Å². The van der Waals surface area contributed by atoms with E-state index in [2.05, 4.69) is 0 Å². The first kappa shape index (κ1) is 15.4. The van der Waals surface area contributed by atoms with Gasteiger partial charge in [0.2, 0.25) is 0 Å². The van der Waals surface area contributed by atoms with E-state index in [1.807, 2.05) is 24.3 Å². The van der Waals surface area contributed by atoms with Gasteiger partial charge in [-0.2, -0.15) is 0 Å². The molecule has 0 unspecified atom stereocenters. The fourth-order valence-corrected chi connectivity index (χ4v) is 1.85. The summed E-state index contributed by atoms with van der Waals surface area (Å²) in [5, 5.41) is 0. The molecule has 0 saturated heterocycles. The number of rotatable bonds is 5. The van der Waals surface area contributed by atoms with Gasteiger partial charge < -0.3 is 20.9 Å². The maximum absolute atomic E-state index is 11.7. The van der Waals surface area contributed by atoms with Gasteiger partial charge in [0.05, 0.1) is 7.11 Å². The summed E-state index contributed by atoms with van der Waals surface area (Å²) in [4.78, 5) is 11.7. The SMILES string of the molecule is COc1cccc(C=CC(=O)OCc2ccc(N)cc2N)c1. The number of esters is 1. The lowest BCUT2D eigenvalue weighted by atomic mass is 10.2. The Morgan fingerprint density at radius 3 is 2.73 bits per heavy atom. The van der Waals surface area contributed by atoms with Crippen LogP contribution in [-0.4, -0.2) is 13.1 Å². The number of ether oxygens (including phenoxy) is 2. The average molecular weight is 298 g/mol. The molecule has 0 bridgehead atoms. The minimum absolute atomic E-state index is 0.105. The summed E-state index contributed by atoms with van der Waals surface area (Å²) in [7, 11) is 1.59. The molecule has 0 heterocycles. The van der Waals surface area contributed by atoms with Crippen molar-refractivity contribution in [2.75, 3.05) is 18.6 Å². The van der Waals surface area contributed by atoms with Gasteiger partial charge in [0, 0.05) is 23.0 Å². The standard InChI is InChI=1S/C17H18N2O3/c1-21-15-4-2-3-12(9-15)5-8-17(20)22-11-13-6-7-14(18)10-16(13)19/h2-10H,11,18-19H2,1H3. The molecule has 0 aliphatic rings. The van der Waals surface area contributed by atoms with E-state index in [0.717, 1.165) is 16.9 Å². The Morgan fingerprint density at radius 1 is 1.18 bits per heavy atom. The normalized spacial score (nSPS) is 10.6. The molecule has 2 rings (SSSR count). The van der Waals surface area contributed by atoms with Crippen LogP contribution in [0.5, 0.6) is 5.75 Å². The highest BCUT2D eigenvalue weighted by Crippen LogP contribution is 2.17. The number of anilines is 2. The van der Waals surface area contributed by atoms with Gasteiger partial charge in [0.1, 0.15) is 12.4 Å². The van der Waals surface area contributed by atoms with Crippen LogP contribution in [0, 0.1) is 0 Å². The highest BCUT2D eigenvalue weighted by atomic mass is 16.5. The van der Waals surface area contributed by atoms with Crippen LogP contribution in [0.3, 0.4) is 0 Å². The number of methoxy groups -OCH3 is 1. The lowest BCUT2D eigenvalue weighted by Crippen LogP contribution is -2.03. The van der Waals surface area contributed by atoms with Crippen molar-refractivity contribution in [1.29, 1.82) is 0 Å². The lowest BCUT2D eigenvalue weighted by Gasteiger charge is -2.06. The summed E-state index contributed by atoms with van der Waals surface area (Å²) < 4.78 is 10.3. The Kier molecular flexibility index (Phi) is 5.03. The number of hydrogen-bond acceptors (Lipinski definition) is 5. The number of carbonyl (C=O) groups is 1. The van der Waals surface area contributed by atoms with Gasteiger partial charge in [-0.25, -0.2) is 4.79 Å². The molecule has 0 aliphatic heterocycles. The molecular weight excluding hydrogens is 280 g/mol. The van der Waals surface area contributed by atoms with Crippen LogP contribution in [-0.2, 0) is 16.1 Å². The number of nitrogen functional groups attached to an aromatic ring is 2. The number of carbonyl (C=O) groups excluding carboxylic acids is 1. The Hall–Kier alpha value is -2.95. The van der Waals surface area contributed by atoms with Crippen molar-refractivity contribution < 1.29 is 14.3 Å². The number of nitrogens with two attached hydrogens (primary N) is 2. The van der Waals surface area contributed by atoms with Gasteiger partial charge in [-0.15, -0.1) is 0 Å². The molecule has 0 atom stereocenters. The topological polar surface area (TPSA) is 87.6 Å². The smallest absolute Gasteiger partial charge is 0.331 e. The summed E-state index contributed by atoms with van der Waals surface area (Å²) in [5.74, 6) is 0.282. The van der Waals surface area contributed by atoms with Crippen molar-refractivity contribution in [2.45, 2.75) is 6.61 Å². The van der Waals surface area contributed by atoms with Crippen molar-refractivity contribution in [3.63, 3.8) is 0 Å². The van der Waals surface area contributed by atoms with Crippen LogP contribution in [0.4, 0.5) is 11.4 Å². The van der Waals surface area contributed by atoms with Crippen LogP contribution in [0.15, 0.2) is 48.5 Å². The zero-order valence-corrected chi connectivity index (χ0v) is 12.3. The molecule has 2 aromatic carbocycles. The second-order valence-electron chi connectivity index (χ2n) is 4.68. The van der Waals surface area contributed by atoms with Crippen molar-refractivity contribution in [2.24, 2.45) is 0 Å². The summed E-state index contributed by atoms with van der Waals surface area (Å²) >= 11 is 0. The average Bonchev–Trinajstić information content (AvgIpc) is 2.52. The second kappa shape index (κ2) is 7.17. The lowest BCUT2D eigenvalue weighted by molar-refractivity contribution is -0.138. The molecule has 0 radical (unpaired) electrons. The maximum atomic E-state index is 11.7. The number of benzene rings is 2. The van der Waals surface area contributed by atoms with E-state index in [-0.39, 0.29) is 6.61 Å². The van der Waals surface area contributed by atoms with Gasteiger partial charge in [-0.3, -0.25) is 0 Å². The predicted molar refractivity (Wildman–Crippen MR) is 87.1 cm³/mol. The summed E-state index contributed by atoms with van der Waals surface area (Å²) in [6, 6.07) is 12.5. The Balaban J connectivity index is 1.93. The van der Waals surface area contributed by atoms with Crippen LogP contribution in [0.1, 0.15) is 11.1 Å². The first-order valence-electron chi connectivity index (χ1n) is 6.71. The monoisotopic (exact) mass is 298 g/mol. The third kappa shape index (κ3) is 4.28. The third-order valence-electron chi connectivity index (χ3n) is 3.05. The fourth-order valence-electron chi connectivity index (χ4n) is 1.85. The molecule has 0 aromatic heterocycles. The van der Waals surface area contributed by atoms with Crippen LogP contribution in [0.2, 0.25) is 0 Å². The van der Waals surface area contributed by atoms with Gasteiger partial charge in [-0.1, -0.05) is 18.2 Å². The van der Waals surface area contributed by atoms with E-state index in [1.165, 1.54) is 6.08 Å². The van der Waals surface area contributed by atoms with E-state index in [9.17, 15) is 4.79 Å². The quantitative estimate of drug-likeness (QED) is 0.503. The minimum Gasteiger partial charge on any atom is -0.497 e. The largest absolute Gasteiger partial charge is 0.497 e.